The first kappa shape index (κ1) is 18.5. The van der Waals surface area contributed by atoms with Gasteiger partial charge in [0, 0.05) is 23.1 Å². The molecule has 1 atom stereocenters. The molecule has 0 spiro atoms. The number of rotatable bonds is 5. The van der Waals surface area contributed by atoms with Gasteiger partial charge in [0.2, 0.25) is 5.60 Å². The van der Waals surface area contributed by atoms with E-state index in [1.165, 1.54) is 24.3 Å². The topological polar surface area (TPSA) is 66.8 Å². The van der Waals surface area contributed by atoms with Gasteiger partial charge in [0.1, 0.15) is 5.75 Å². The van der Waals surface area contributed by atoms with Gasteiger partial charge in [0.05, 0.1) is 11.6 Å². The van der Waals surface area contributed by atoms with Gasteiger partial charge >= 0.3 is 12.1 Å². The van der Waals surface area contributed by atoms with Gasteiger partial charge in [-0.3, -0.25) is 4.79 Å². The summed E-state index contributed by atoms with van der Waals surface area (Å²) in [5.74, 6) is -0.961. The molecule has 0 radical (unpaired) electrons. The summed E-state index contributed by atoms with van der Waals surface area (Å²) in [5, 5.41) is 19.2. The van der Waals surface area contributed by atoms with Crippen LogP contribution in [0.3, 0.4) is 0 Å². The van der Waals surface area contributed by atoms with Crippen molar-refractivity contribution in [3.05, 3.63) is 52.5 Å². The van der Waals surface area contributed by atoms with E-state index in [4.69, 9.17) is 21.4 Å². The quantitative estimate of drug-likeness (QED) is 0.749. The standard InChI is InChI=1S/C18H14ClF3O4/c19-14-9-10(26-7-3-6-15(23)24)8-13-16(14)11-4-1-2-5-12(11)17(13,25)18(20,21)22/h1-2,4-5,8-9,25H,3,6-7H2,(H,23,24)/t17-/m0/s1. The number of carbonyl (C=O) groups is 1. The van der Waals surface area contributed by atoms with Crippen LogP contribution in [0.15, 0.2) is 36.4 Å². The number of alkyl halides is 3. The molecular weight excluding hydrogens is 373 g/mol. The summed E-state index contributed by atoms with van der Waals surface area (Å²) in [6.45, 7) is -0.00118. The molecule has 138 valence electrons. The predicted octanol–water partition coefficient (Wildman–Crippen LogP) is 4.36. The molecule has 0 saturated carbocycles. The third-order valence-corrected chi connectivity index (χ3v) is 4.55. The van der Waals surface area contributed by atoms with Crippen LogP contribution in [-0.2, 0) is 10.4 Å². The summed E-state index contributed by atoms with van der Waals surface area (Å²) in [5.41, 5.74) is -3.55. The van der Waals surface area contributed by atoms with Gasteiger partial charge < -0.3 is 14.9 Å². The third-order valence-electron chi connectivity index (χ3n) is 4.25. The second-order valence-electron chi connectivity index (χ2n) is 5.93. The van der Waals surface area contributed by atoms with E-state index in [1.54, 1.807) is 6.07 Å². The van der Waals surface area contributed by atoms with E-state index in [0.29, 0.717) is 0 Å². The van der Waals surface area contributed by atoms with Crippen LogP contribution < -0.4 is 4.74 Å². The van der Waals surface area contributed by atoms with Gasteiger partial charge in [-0.25, -0.2) is 0 Å². The number of ether oxygens (including phenoxy) is 1. The molecule has 0 aromatic heterocycles. The molecular formula is C18H14ClF3O4. The van der Waals surface area contributed by atoms with E-state index in [0.717, 1.165) is 6.07 Å². The lowest BCUT2D eigenvalue weighted by Crippen LogP contribution is -2.41. The van der Waals surface area contributed by atoms with Gasteiger partial charge in [-0.1, -0.05) is 35.9 Å². The summed E-state index contributed by atoms with van der Waals surface area (Å²) in [6, 6.07) is 8.13. The van der Waals surface area contributed by atoms with E-state index in [2.05, 4.69) is 0 Å². The SMILES string of the molecule is O=C(O)CCCOc1cc(Cl)c2c(c1)[C@](O)(C(F)(F)F)c1ccccc1-2. The molecule has 8 heteroatoms. The Kier molecular flexibility index (Phi) is 4.62. The lowest BCUT2D eigenvalue weighted by Gasteiger charge is -2.28. The summed E-state index contributed by atoms with van der Waals surface area (Å²) in [4.78, 5) is 10.5. The summed E-state index contributed by atoms with van der Waals surface area (Å²) in [6.07, 6.45) is -4.90. The fourth-order valence-corrected chi connectivity index (χ4v) is 3.42. The van der Waals surface area contributed by atoms with Gasteiger partial charge in [0.25, 0.3) is 0 Å². The first-order valence-electron chi connectivity index (χ1n) is 7.74. The average molecular weight is 387 g/mol. The third kappa shape index (κ3) is 2.91. The number of carboxylic acid groups (broad SMARTS) is 1. The number of hydrogen-bond donors (Lipinski definition) is 2. The van der Waals surface area contributed by atoms with Crippen molar-refractivity contribution in [3.63, 3.8) is 0 Å². The van der Waals surface area contributed by atoms with Crippen molar-refractivity contribution < 1.29 is 32.9 Å². The molecule has 26 heavy (non-hydrogen) atoms. The highest BCUT2D eigenvalue weighted by Crippen LogP contribution is 2.57. The summed E-state index contributed by atoms with van der Waals surface area (Å²) < 4.78 is 46.6. The Labute approximate surface area is 151 Å². The minimum atomic E-state index is -4.96. The monoisotopic (exact) mass is 386 g/mol. The van der Waals surface area contributed by atoms with Crippen molar-refractivity contribution in [2.45, 2.75) is 24.6 Å². The molecule has 0 heterocycles. The number of aliphatic hydroxyl groups is 1. The fraction of sp³-hybridized carbons (Fsp3) is 0.278. The number of fused-ring (bicyclic) bond motifs is 3. The average Bonchev–Trinajstić information content (AvgIpc) is 2.82. The molecule has 2 N–H and O–H groups in total. The van der Waals surface area contributed by atoms with Gasteiger partial charge in [-0.05, 0) is 24.1 Å². The minimum absolute atomic E-state index is 0.00118. The van der Waals surface area contributed by atoms with Crippen molar-refractivity contribution >= 4 is 17.6 Å². The van der Waals surface area contributed by atoms with Crippen LogP contribution in [0.1, 0.15) is 24.0 Å². The number of carboxylic acids is 1. The zero-order chi connectivity index (χ0) is 19.1. The number of aliphatic carboxylic acids is 1. The number of benzene rings is 2. The normalized spacial score (nSPS) is 18.3. The van der Waals surface area contributed by atoms with E-state index in [9.17, 15) is 23.1 Å². The highest BCUT2D eigenvalue weighted by molar-refractivity contribution is 6.34. The Hall–Kier alpha value is -2.25. The predicted molar refractivity (Wildman–Crippen MR) is 88.3 cm³/mol. The van der Waals surface area contributed by atoms with Crippen LogP contribution in [0.25, 0.3) is 11.1 Å². The van der Waals surface area contributed by atoms with E-state index >= 15 is 0 Å². The zero-order valence-corrected chi connectivity index (χ0v) is 14.1. The van der Waals surface area contributed by atoms with E-state index in [1.807, 2.05) is 0 Å². The molecule has 1 aliphatic rings. The maximum Gasteiger partial charge on any atom is 0.425 e. The Bertz CT molecular complexity index is 866. The first-order valence-corrected chi connectivity index (χ1v) is 8.11. The van der Waals surface area contributed by atoms with Crippen LogP contribution in [-0.4, -0.2) is 29.0 Å². The van der Waals surface area contributed by atoms with Crippen LogP contribution in [0.2, 0.25) is 5.02 Å². The van der Waals surface area contributed by atoms with Gasteiger partial charge in [0.15, 0.2) is 0 Å². The van der Waals surface area contributed by atoms with Gasteiger partial charge in [-0.2, -0.15) is 13.2 Å². The van der Waals surface area contributed by atoms with Crippen molar-refractivity contribution in [2.75, 3.05) is 6.61 Å². The fourth-order valence-electron chi connectivity index (χ4n) is 3.10. The first-order chi connectivity index (χ1) is 12.2. The number of hydrogen-bond acceptors (Lipinski definition) is 3. The van der Waals surface area contributed by atoms with Gasteiger partial charge in [-0.15, -0.1) is 0 Å². The molecule has 1 aliphatic carbocycles. The Balaban J connectivity index is 2.05. The molecule has 2 aromatic carbocycles. The molecule has 3 rings (SSSR count). The lowest BCUT2D eigenvalue weighted by atomic mass is 9.90. The highest BCUT2D eigenvalue weighted by Gasteiger charge is 2.61. The zero-order valence-electron chi connectivity index (χ0n) is 13.3. The van der Waals surface area contributed by atoms with Crippen LogP contribution >= 0.6 is 11.6 Å². The Morgan fingerprint density at radius 2 is 1.88 bits per heavy atom. The van der Waals surface area contributed by atoms with Crippen molar-refractivity contribution in [2.24, 2.45) is 0 Å². The second-order valence-corrected chi connectivity index (χ2v) is 6.33. The van der Waals surface area contributed by atoms with Crippen molar-refractivity contribution in [1.29, 1.82) is 0 Å². The molecule has 0 bridgehead atoms. The smallest absolute Gasteiger partial charge is 0.425 e. The Morgan fingerprint density at radius 1 is 1.19 bits per heavy atom. The van der Waals surface area contributed by atoms with E-state index < -0.39 is 23.3 Å². The maximum absolute atomic E-state index is 13.8. The maximum atomic E-state index is 13.8. The minimum Gasteiger partial charge on any atom is -0.494 e. The summed E-state index contributed by atoms with van der Waals surface area (Å²) in [7, 11) is 0. The van der Waals surface area contributed by atoms with Crippen LogP contribution in [0.5, 0.6) is 5.75 Å². The molecule has 4 nitrogen and oxygen atoms in total. The number of halogens is 4. The molecule has 0 saturated heterocycles. The molecule has 2 aromatic rings. The molecule has 0 amide bonds. The van der Waals surface area contributed by atoms with Crippen LogP contribution in [0, 0.1) is 0 Å². The highest BCUT2D eigenvalue weighted by atomic mass is 35.5. The summed E-state index contributed by atoms with van der Waals surface area (Å²) >= 11 is 6.19. The lowest BCUT2D eigenvalue weighted by molar-refractivity contribution is -0.246. The second kappa shape index (κ2) is 6.48. The largest absolute Gasteiger partial charge is 0.494 e. The van der Waals surface area contributed by atoms with Crippen molar-refractivity contribution in [1.82, 2.24) is 0 Å². The molecule has 0 fully saturated rings. The van der Waals surface area contributed by atoms with E-state index in [-0.39, 0.29) is 46.9 Å². The Morgan fingerprint density at radius 3 is 2.54 bits per heavy atom. The molecule has 0 unspecified atom stereocenters. The molecule has 0 aliphatic heterocycles. The van der Waals surface area contributed by atoms with Crippen LogP contribution in [0.4, 0.5) is 13.2 Å². The van der Waals surface area contributed by atoms with Crippen molar-refractivity contribution in [3.8, 4) is 16.9 Å².